The Kier molecular flexibility index (Phi) is 9.42. The minimum absolute atomic E-state index is 0.0329. The molecule has 1 saturated heterocycles. The molecular formula is C23H26BrN3O3S. The molecule has 2 amide bonds. The summed E-state index contributed by atoms with van der Waals surface area (Å²) in [5, 5.41) is 4.00. The number of halogens is 1. The van der Waals surface area contributed by atoms with Gasteiger partial charge in [-0.2, -0.15) is 5.10 Å². The summed E-state index contributed by atoms with van der Waals surface area (Å²) in [6.45, 7) is 1.71. The largest absolute Gasteiger partial charge is 0.484 e. The smallest absolute Gasteiger partial charge is 0.260 e. The van der Waals surface area contributed by atoms with E-state index in [9.17, 15) is 9.59 Å². The number of carbonyl (C=O) groups excluding carboxylic acids is 2. The maximum Gasteiger partial charge on any atom is 0.260 e. The molecule has 1 N–H and O–H groups in total. The number of hydrogen-bond donors (Lipinski definition) is 1. The zero-order valence-corrected chi connectivity index (χ0v) is 19.7. The number of piperidine rings is 1. The molecule has 6 nitrogen and oxygen atoms in total. The van der Waals surface area contributed by atoms with E-state index in [2.05, 4.69) is 26.5 Å². The number of nitrogens with zero attached hydrogens (tertiary/aromatic N) is 2. The molecule has 0 radical (unpaired) electrons. The highest BCUT2D eigenvalue weighted by atomic mass is 79.9. The summed E-state index contributed by atoms with van der Waals surface area (Å²) < 4.78 is 6.64. The van der Waals surface area contributed by atoms with Gasteiger partial charge in [-0.3, -0.25) is 9.59 Å². The second-order valence-electron chi connectivity index (χ2n) is 7.18. The Bertz CT molecular complexity index is 899. The van der Waals surface area contributed by atoms with Gasteiger partial charge in [-0.05, 0) is 60.7 Å². The van der Waals surface area contributed by atoms with E-state index in [0.717, 1.165) is 47.3 Å². The molecule has 3 rings (SSSR count). The lowest BCUT2D eigenvalue weighted by Crippen LogP contribution is -2.38. The third kappa shape index (κ3) is 8.03. The van der Waals surface area contributed by atoms with Gasteiger partial charge in [-0.25, -0.2) is 5.43 Å². The van der Waals surface area contributed by atoms with Crippen LogP contribution >= 0.6 is 27.7 Å². The number of carbonyl (C=O) groups is 2. The molecule has 2 aromatic carbocycles. The van der Waals surface area contributed by atoms with Crippen molar-refractivity contribution in [2.24, 2.45) is 5.10 Å². The van der Waals surface area contributed by atoms with E-state index in [4.69, 9.17) is 4.74 Å². The number of benzene rings is 2. The fourth-order valence-electron chi connectivity index (χ4n) is 3.11. The van der Waals surface area contributed by atoms with Crippen molar-refractivity contribution < 1.29 is 14.3 Å². The molecule has 0 bridgehead atoms. The molecule has 1 heterocycles. The molecule has 1 fully saturated rings. The molecule has 1 aliphatic heterocycles. The first-order chi connectivity index (χ1) is 15.1. The molecule has 0 aromatic heterocycles. The summed E-state index contributed by atoms with van der Waals surface area (Å²) in [5.41, 5.74) is 4.53. The maximum atomic E-state index is 12.2. The third-order valence-corrected chi connectivity index (χ3v) is 6.56. The highest BCUT2D eigenvalue weighted by Crippen LogP contribution is 2.21. The number of rotatable bonds is 9. The van der Waals surface area contributed by atoms with Crippen molar-refractivity contribution in [3.8, 4) is 5.75 Å². The first-order valence-corrected chi connectivity index (χ1v) is 12.2. The predicted molar refractivity (Wildman–Crippen MR) is 128 cm³/mol. The lowest BCUT2D eigenvalue weighted by atomic mass is 10.1. The van der Waals surface area contributed by atoms with Crippen LogP contribution in [0.5, 0.6) is 5.75 Å². The van der Waals surface area contributed by atoms with Gasteiger partial charge in [0, 0.05) is 23.3 Å². The molecule has 31 heavy (non-hydrogen) atoms. The SMILES string of the molecule is O=C(CSCc1ccccc1Br)NN=Cc1ccc(OCC(=O)N2CCCCC2)cc1. The molecule has 0 unspecified atom stereocenters. The summed E-state index contributed by atoms with van der Waals surface area (Å²) in [6, 6.07) is 15.2. The van der Waals surface area contributed by atoms with E-state index in [0.29, 0.717) is 11.5 Å². The van der Waals surface area contributed by atoms with Crippen LogP contribution in [-0.4, -0.2) is 48.4 Å². The minimum atomic E-state index is -0.149. The first kappa shape index (κ1) is 23.3. The monoisotopic (exact) mass is 503 g/mol. The summed E-state index contributed by atoms with van der Waals surface area (Å²) in [4.78, 5) is 25.9. The van der Waals surface area contributed by atoms with Crippen LogP contribution in [0.3, 0.4) is 0 Å². The molecule has 164 valence electrons. The zero-order chi connectivity index (χ0) is 21.9. The standard InChI is InChI=1S/C23H26BrN3O3S/c24-21-7-3-2-6-19(21)16-31-17-22(28)26-25-14-18-8-10-20(11-9-18)30-15-23(29)27-12-4-1-5-13-27/h2-3,6-11,14H,1,4-5,12-13,15-17H2,(H,26,28). The van der Waals surface area contributed by atoms with Gasteiger partial charge in [0.05, 0.1) is 12.0 Å². The van der Waals surface area contributed by atoms with Crippen LogP contribution in [0, 0.1) is 0 Å². The highest BCUT2D eigenvalue weighted by Gasteiger charge is 2.16. The van der Waals surface area contributed by atoms with Gasteiger partial charge >= 0.3 is 0 Å². The number of ether oxygens (including phenoxy) is 1. The first-order valence-electron chi connectivity index (χ1n) is 10.3. The van der Waals surface area contributed by atoms with Crippen molar-refractivity contribution in [1.82, 2.24) is 10.3 Å². The molecule has 0 spiro atoms. The van der Waals surface area contributed by atoms with Gasteiger partial charge in [0.1, 0.15) is 5.75 Å². The van der Waals surface area contributed by atoms with Gasteiger partial charge in [0.25, 0.3) is 5.91 Å². The van der Waals surface area contributed by atoms with Gasteiger partial charge in [0.15, 0.2) is 6.61 Å². The fraction of sp³-hybridized carbons (Fsp3) is 0.348. The Morgan fingerprint density at radius 2 is 1.84 bits per heavy atom. The van der Waals surface area contributed by atoms with E-state index in [1.165, 1.54) is 18.2 Å². The van der Waals surface area contributed by atoms with E-state index in [1.54, 1.807) is 18.3 Å². The Hall–Kier alpha value is -2.32. The van der Waals surface area contributed by atoms with Crippen molar-refractivity contribution in [3.63, 3.8) is 0 Å². The third-order valence-electron chi connectivity index (χ3n) is 4.80. The summed E-state index contributed by atoms with van der Waals surface area (Å²) in [5.74, 6) is 1.60. The number of hydrogen-bond acceptors (Lipinski definition) is 5. The van der Waals surface area contributed by atoms with Crippen molar-refractivity contribution in [2.75, 3.05) is 25.4 Å². The van der Waals surface area contributed by atoms with Crippen LogP contribution in [0.15, 0.2) is 58.1 Å². The lowest BCUT2D eigenvalue weighted by molar-refractivity contribution is -0.134. The van der Waals surface area contributed by atoms with E-state index >= 15 is 0 Å². The van der Waals surface area contributed by atoms with Crippen LogP contribution in [-0.2, 0) is 15.3 Å². The highest BCUT2D eigenvalue weighted by molar-refractivity contribution is 9.10. The normalized spacial score (nSPS) is 13.9. The van der Waals surface area contributed by atoms with E-state index < -0.39 is 0 Å². The second-order valence-corrected chi connectivity index (χ2v) is 9.02. The summed E-state index contributed by atoms with van der Waals surface area (Å²) >= 11 is 5.04. The van der Waals surface area contributed by atoms with E-state index in [-0.39, 0.29) is 18.4 Å². The number of likely N-dealkylation sites (tertiary alicyclic amines) is 1. The van der Waals surface area contributed by atoms with E-state index in [1.807, 2.05) is 41.3 Å². The van der Waals surface area contributed by atoms with Gasteiger partial charge in [-0.1, -0.05) is 34.1 Å². The van der Waals surface area contributed by atoms with Gasteiger partial charge < -0.3 is 9.64 Å². The molecule has 2 aromatic rings. The van der Waals surface area contributed by atoms with Crippen molar-refractivity contribution in [2.45, 2.75) is 25.0 Å². The van der Waals surface area contributed by atoms with Gasteiger partial charge in [0.2, 0.25) is 5.91 Å². The van der Waals surface area contributed by atoms with Crippen LogP contribution in [0.2, 0.25) is 0 Å². The van der Waals surface area contributed by atoms with Crippen molar-refractivity contribution >= 4 is 45.7 Å². The number of nitrogens with one attached hydrogen (secondary N) is 1. The average Bonchev–Trinajstić information content (AvgIpc) is 2.80. The molecule has 0 aliphatic carbocycles. The van der Waals surface area contributed by atoms with Crippen molar-refractivity contribution in [3.05, 3.63) is 64.1 Å². The lowest BCUT2D eigenvalue weighted by Gasteiger charge is -2.26. The zero-order valence-electron chi connectivity index (χ0n) is 17.3. The fourth-order valence-corrected chi connectivity index (χ4v) is 4.54. The topological polar surface area (TPSA) is 71.0 Å². The van der Waals surface area contributed by atoms with Crippen LogP contribution < -0.4 is 10.2 Å². The molecule has 8 heteroatoms. The number of hydrazone groups is 1. The second kappa shape index (κ2) is 12.5. The Balaban J connectivity index is 1.35. The molecule has 0 saturated carbocycles. The molecular weight excluding hydrogens is 478 g/mol. The van der Waals surface area contributed by atoms with Crippen LogP contribution in [0.25, 0.3) is 0 Å². The quantitative estimate of drug-likeness (QED) is 0.410. The molecule has 0 atom stereocenters. The Labute approximate surface area is 195 Å². The minimum Gasteiger partial charge on any atom is -0.484 e. The Morgan fingerprint density at radius 3 is 2.58 bits per heavy atom. The average molecular weight is 504 g/mol. The van der Waals surface area contributed by atoms with Crippen LogP contribution in [0.1, 0.15) is 30.4 Å². The summed E-state index contributed by atoms with van der Waals surface area (Å²) in [6.07, 6.45) is 4.91. The number of amides is 2. The maximum absolute atomic E-state index is 12.2. The van der Waals surface area contributed by atoms with Crippen molar-refractivity contribution in [1.29, 1.82) is 0 Å². The molecule has 1 aliphatic rings. The predicted octanol–water partition coefficient (Wildman–Crippen LogP) is 4.22. The number of thioether (sulfide) groups is 1. The van der Waals surface area contributed by atoms with Gasteiger partial charge in [-0.15, -0.1) is 11.8 Å². The van der Waals surface area contributed by atoms with Crippen LogP contribution in [0.4, 0.5) is 0 Å². The summed E-state index contributed by atoms with van der Waals surface area (Å²) in [7, 11) is 0. The Morgan fingerprint density at radius 1 is 1.10 bits per heavy atom.